The first kappa shape index (κ1) is 23.7. The lowest BCUT2D eigenvalue weighted by molar-refractivity contribution is -0.123. The first-order chi connectivity index (χ1) is 16.4. The molecule has 34 heavy (non-hydrogen) atoms. The van der Waals surface area contributed by atoms with Crippen molar-refractivity contribution in [2.75, 3.05) is 17.7 Å². The highest BCUT2D eigenvalue weighted by Crippen LogP contribution is 2.39. The Hall–Kier alpha value is -3.44. The van der Waals surface area contributed by atoms with Crippen LogP contribution in [-0.2, 0) is 4.79 Å². The maximum atomic E-state index is 14.0. The van der Waals surface area contributed by atoms with Crippen LogP contribution in [0, 0.1) is 0 Å². The summed E-state index contributed by atoms with van der Waals surface area (Å²) in [6.45, 7) is 0. The molecule has 1 aliphatic rings. The van der Waals surface area contributed by atoms with Gasteiger partial charge in [0.15, 0.2) is 11.7 Å². The van der Waals surface area contributed by atoms with E-state index in [1.54, 1.807) is 24.3 Å². The molecule has 0 saturated heterocycles. The normalized spacial score (nSPS) is 14.5. The van der Waals surface area contributed by atoms with Crippen LogP contribution >= 0.6 is 22.9 Å². The fourth-order valence-electron chi connectivity index (χ4n) is 4.10. The molecule has 0 aliphatic heterocycles. The standard InChI is InChI=1S/C23H25N5O4S2/c1-32-15-10-5-4-9-14(15)28(23(31)20-17(24)18(21(25)29)27-34-20)19(16-11-6-12-33-16)22(30)26-13-7-2-3-8-13/h4-6,9-13,19H,2-3,7-8,24H2,1H3,(H2,25,29)(H,26,30). The topological polar surface area (TPSA) is 141 Å². The molecule has 1 aliphatic carbocycles. The van der Waals surface area contributed by atoms with Gasteiger partial charge < -0.3 is 21.5 Å². The van der Waals surface area contributed by atoms with E-state index >= 15 is 0 Å². The summed E-state index contributed by atoms with van der Waals surface area (Å²) >= 11 is 2.14. The number of hydrogen-bond donors (Lipinski definition) is 3. The van der Waals surface area contributed by atoms with Gasteiger partial charge in [-0.3, -0.25) is 19.3 Å². The van der Waals surface area contributed by atoms with E-state index in [0.717, 1.165) is 37.2 Å². The highest BCUT2D eigenvalue weighted by Gasteiger charge is 2.38. The van der Waals surface area contributed by atoms with Gasteiger partial charge in [0.25, 0.3) is 11.8 Å². The molecule has 3 amide bonds. The molecule has 9 nitrogen and oxygen atoms in total. The summed E-state index contributed by atoms with van der Waals surface area (Å²) in [5, 5.41) is 4.96. The van der Waals surface area contributed by atoms with E-state index in [0.29, 0.717) is 16.3 Å². The monoisotopic (exact) mass is 499 g/mol. The van der Waals surface area contributed by atoms with Crippen molar-refractivity contribution in [2.45, 2.75) is 37.8 Å². The Balaban J connectivity index is 1.85. The number of benzene rings is 1. The van der Waals surface area contributed by atoms with Gasteiger partial charge in [-0.15, -0.1) is 11.3 Å². The SMILES string of the molecule is COc1ccccc1N(C(=O)c1snc(C(N)=O)c1N)C(C(=O)NC1CCCC1)c1cccs1. The lowest BCUT2D eigenvalue weighted by atomic mass is 10.1. The molecule has 2 aromatic heterocycles. The summed E-state index contributed by atoms with van der Waals surface area (Å²) in [6, 6.07) is 9.64. The molecule has 0 radical (unpaired) electrons. The summed E-state index contributed by atoms with van der Waals surface area (Å²) in [6.07, 6.45) is 3.90. The molecule has 1 aromatic carbocycles. The van der Waals surface area contributed by atoms with Gasteiger partial charge in [-0.25, -0.2) is 0 Å². The van der Waals surface area contributed by atoms with E-state index in [2.05, 4.69) is 9.69 Å². The number of amides is 3. The molecule has 3 aromatic rings. The maximum absolute atomic E-state index is 14.0. The highest BCUT2D eigenvalue weighted by atomic mass is 32.1. The molecular formula is C23H25N5O4S2. The number of methoxy groups -OCH3 is 1. The van der Waals surface area contributed by atoms with Crippen LogP contribution in [0.5, 0.6) is 5.75 Å². The van der Waals surface area contributed by atoms with Gasteiger partial charge in [-0.2, -0.15) is 4.37 Å². The fourth-order valence-corrected chi connectivity index (χ4v) is 5.66. The molecule has 4 rings (SSSR count). The second kappa shape index (κ2) is 10.2. The summed E-state index contributed by atoms with van der Waals surface area (Å²) in [7, 11) is 1.49. The lowest BCUT2D eigenvalue weighted by Gasteiger charge is -2.32. The number of thiophene rings is 1. The van der Waals surface area contributed by atoms with Gasteiger partial charge in [0.05, 0.1) is 18.5 Å². The van der Waals surface area contributed by atoms with Gasteiger partial charge in [0.1, 0.15) is 10.6 Å². The average molecular weight is 500 g/mol. The number of nitrogens with zero attached hydrogens (tertiary/aromatic N) is 2. The van der Waals surface area contributed by atoms with Crippen LogP contribution in [0.15, 0.2) is 41.8 Å². The molecular weight excluding hydrogens is 474 g/mol. The number of anilines is 2. The average Bonchev–Trinajstić information content (AvgIpc) is 3.59. The zero-order valence-electron chi connectivity index (χ0n) is 18.5. The number of para-hydroxylation sites is 2. The quantitative estimate of drug-likeness (QED) is 0.434. The van der Waals surface area contributed by atoms with Crippen molar-refractivity contribution in [3.05, 3.63) is 57.2 Å². The molecule has 1 fully saturated rings. The van der Waals surface area contributed by atoms with Crippen molar-refractivity contribution in [3.63, 3.8) is 0 Å². The molecule has 1 saturated carbocycles. The Morgan fingerprint density at radius 2 is 1.91 bits per heavy atom. The minimum Gasteiger partial charge on any atom is -0.495 e. The van der Waals surface area contributed by atoms with Crippen LogP contribution in [0.1, 0.15) is 56.8 Å². The zero-order valence-corrected chi connectivity index (χ0v) is 20.2. The molecule has 178 valence electrons. The van der Waals surface area contributed by atoms with E-state index in [4.69, 9.17) is 16.2 Å². The Morgan fingerprint density at radius 3 is 2.53 bits per heavy atom. The van der Waals surface area contributed by atoms with Crippen LogP contribution in [0.3, 0.4) is 0 Å². The van der Waals surface area contributed by atoms with Crippen molar-refractivity contribution in [2.24, 2.45) is 5.73 Å². The van der Waals surface area contributed by atoms with Crippen LogP contribution < -0.4 is 26.4 Å². The summed E-state index contributed by atoms with van der Waals surface area (Å²) < 4.78 is 9.50. The van der Waals surface area contributed by atoms with Crippen molar-refractivity contribution in [1.82, 2.24) is 9.69 Å². The van der Waals surface area contributed by atoms with Crippen molar-refractivity contribution in [3.8, 4) is 5.75 Å². The first-order valence-electron chi connectivity index (χ1n) is 10.8. The third kappa shape index (κ3) is 4.62. The first-order valence-corrected chi connectivity index (χ1v) is 12.4. The van der Waals surface area contributed by atoms with Gasteiger partial charge in [-0.1, -0.05) is 31.0 Å². The Labute approximate surface area is 204 Å². The van der Waals surface area contributed by atoms with E-state index in [1.165, 1.54) is 23.3 Å². The number of nitrogen functional groups attached to an aromatic ring is 1. The van der Waals surface area contributed by atoms with E-state index < -0.39 is 17.9 Å². The van der Waals surface area contributed by atoms with Crippen molar-refractivity contribution < 1.29 is 19.1 Å². The number of aromatic nitrogens is 1. The number of carbonyl (C=O) groups excluding carboxylic acids is 3. The number of nitrogens with one attached hydrogen (secondary N) is 1. The van der Waals surface area contributed by atoms with E-state index in [-0.39, 0.29) is 28.2 Å². The van der Waals surface area contributed by atoms with Crippen LogP contribution in [0.25, 0.3) is 0 Å². The van der Waals surface area contributed by atoms with Gasteiger partial charge >= 0.3 is 0 Å². The molecule has 2 heterocycles. The molecule has 1 atom stereocenters. The Bertz CT molecular complexity index is 1190. The number of carbonyl (C=O) groups is 3. The van der Waals surface area contributed by atoms with Crippen LogP contribution in [0.2, 0.25) is 0 Å². The van der Waals surface area contributed by atoms with E-state index in [9.17, 15) is 14.4 Å². The van der Waals surface area contributed by atoms with Crippen LogP contribution in [-0.4, -0.2) is 35.2 Å². The molecule has 1 unspecified atom stereocenters. The summed E-state index contributed by atoms with van der Waals surface area (Å²) in [5.74, 6) is -1.30. The number of ether oxygens (including phenoxy) is 1. The third-order valence-electron chi connectivity index (χ3n) is 5.74. The molecule has 0 spiro atoms. The summed E-state index contributed by atoms with van der Waals surface area (Å²) in [5.41, 5.74) is 11.6. The minimum atomic E-state index is -0.983. The number of hydrogen-bond acceptors (Lipinski definition) is 8. The molecule has 0 bridgehead atoms. The number of primary amides is 1. The summed E-state index contributed by atoms with van der Waals surface area (Å²) in [4.78, 5) is 41.4. The number of nitrogens with two attached hydrogens (primary N) is 2. The van der Waals surface area contributed by atoms with Crippen molar-refractivity contribution >= 4 is 52.0 Å². The third-order valence-corrected chi connectivity index (χ3v) is 7.52. The maximum Gasteiger partial charge on any atom is 0.273 e. The Kier molecular flexibility index (Phi) is 7.13. The largest absolute Gasteiger partial charge is 0.495 e. The lowest BCUT2D eigenvalue weighted by Crippen LogP contribution is -2.46. The fraction of sp³-hybridized carbons (Fsp3) is 0.304. The Morgan fingerprint density at radius 1 is 1.18 bits per heavy atom. The second-order valence-corrected chi connectivity index (χ2v) is 9.65. The zero-order chi connectivity index (χ0) is 24.2. The van der Waals surface area contributed by atoms with Crippen LogP contribution in [0.4, 0.5) is 11.4 Å². The number of rotatable bonds is 8. The highest BCUT2D eigenvalue weighted by molar-refractivity contribution is 7.10. The van der Waals surface area contributed by atoms with E-state index in [1.807, 2.05) is 17.5 Å². The van der Waals surface area contributed by atoms with Crippen molar-refractivity contribution in [1.29, 1.82) is 0 Å². The van der Waals surface area contributed by atoms with Gasteiger partial charge in [0, 0.05) is 10.9 Å². The predicted octanol–water partition coefficient (Wildman–Crippen LogP) is 3.34. The molecule has 5 N–H and O–H groups in total. The predicted molar refractivity (Wildman–Crippen MR) is 132 cm³/mol. The smallest absolute Gasteiger partial charge is 0.273 e. The van der Waals surface area contributed by atoms with Gasteiger partial charge in [-0.05, 0) is 48.0 Å². The molecule has 11 heteroatoms. The van der Waals surface area contributed by atoms with Gasteiger partial charge in [0.2, 0.25) is 5.91 Å². The second-order valence-electron chi connectivity index (χ2n) is 7.89. The minimum absolute atomic E-state index is 0.0231.